The molecule has 1 aliphatic rings. The van der Waals surface area contributed by atoms with Gasteiger partial charge in [-0.1, -0.05) is 25.0 Å². The number of carbonyl (C=O) groups excluding carboxylic acids is 1. The molecule has 8 heteroatoms. The molecular formula is C15H21Cl2N5O. The Bertz CT molecular complexity index is 627. The number of anilines is 1. The number of hydrogen-bond donors (Lipinski definition) is 2. The van der Waals surface area contributed by atoms with Crippen LogP contribution in [0.1, 0.15) is 31.2 Å². The lowest BCUT2D eigenvalue weighted by atomic mass is 9.98. The van der Waals surface area contributed by atoms with E-state index in [0.717, 1.165) is 36.9 Å². The van der Waals surface area contributed by atoms with Gasteiger partial charge in [-0.3, -0.25) is 4.79 Å². The van der Waals surface area contributed by atoms with E-state index in [2.05, 4.69) is 15.4 Å². The van der Waals surface area contributed by atoms with Gasteiger partial charge in [0.15, 0.2) is 0 Å². The summed E-state index contributed by atoms with van der Waals surface area (Å²) in [4.78, 5) is 16.2. The molecule has 1 aromatic carbocycles. The number of aromatic nitrogens is 3. The van der Waals surface area contributed by atoms with Crippen LogP contribution in [0.25, 0.3) is 0 Å². The van der Waals surface area contributed by atoms with E-state index >= 15 is 0 Å². The van der Waals surface area contributed by atoms with Crippen LogP contribution in [0, 0.1) is 0 Å². The van der Waals surface area contributed by atoms with Gasteiger partial charge in [0.1, 0.15) is 12.7 Å². The van der Waals surface area contributed by atoms with Crippen molar-refractivity contribution in [3.8, 4) is 0 Å². The molecule has 0 saturated heterocycles. The highest BCUT2D eigenvalue weighted by molar-refractivity contribution is 5.98. The summed E-state index contributed by atoms with van der Waals surface area (Å²) in [6, 6.07) is 7.73. The topological polar surface area (TPSA) is 85.8 Å². The van der Waals surface area contributed by atoms with E-state index < -0.39 is 5.54 Å². The fourth-order valence-electron chi connectivity index (χ4n) is 2.74. The number of nitrogens with one attached hydrogen (secondary N) is 1. The Morgan fingerprint density at radius 2 is 2.04 bits per heavy atom. The molecule has 2 aromatic rings. The first-order valence-corrected chi connectivity index (χ1v) is 7.17. The Hall–Kier alpha value is -1.63. The maximum Gasteiger partial charge on any atom is 0.244 e. The van der Waals surface area contributed by atoms with E-state index in [0.29, 0.717) is 6.54 Å². The molecule has 0 radical (unpaired) electrons. The van der Waals surface area contributed by atoms with Crippen LogP contribution in [0.5, 0.6) is 0 Å². The van der Waals surface area contributed by atoms with Gasteiger partial charge >= 0.3 is 0 Å². The molecule has 1 fully saturated rings. The second-order valence-corrected chi connectivity index (χ2v) is 5.61. The molecule has 1 saturated carbocycles. The lowest BCUT2D eigenvalue weighted by Crippen LogP contribution is -2.48. The normalized spacial score (nSPS) is 15.3. The van der Waals surface area contributed by atoms with Gasteiger partial charge in [0.25, 0.3) is 0 Å². The third-order valence-corrected chi connectivity index (χ3v) is 3.94. The second kappa shape index (κ2) is 8.29. The zero-order valence-corrected chi connectivity index (χ0v) is 14.3. The molecular weight excluding hydrogens is 337 g/mol. The fourth-order valence-corrected chi connectivity index (χ4v) is 2.74. The summed E-state index contributed by atoms with van der Waals surface area (Å²) in [5, 5.41) is 7.01. The molecule has 0 spiro atoms. The molecule has 23 heavy (non-hydrogen) atoms. The standard InChI is InChI=1S/C15H19N5O.2ClH/c16-15(6-1-2-7-15)14(21)19-13-5-3-4-12(8-13)9-20-11-17-10-18-20;;/h3-5,8,10-11H,1-2,6-7,9,16H2,(H,19,21);2*1H. The monoisotopic (exact) mass is 357 g/mol. The van der Waals surface area contributed by atoms with Crippen LogP contribution in [0.3, 0.4) is 0 Å². The predicted octanol–water partition coefficient (Wildman–Crippen LogP) is 2.38. The molecule has 126 valence electrons. The zero-order valence-electron chi connectivity index (χ0n) is 12.6. The highest BCUT2D eigenvalue weighted by atomic mass is 35.5. The number of amides is 1. The highest BCUT2D eigenvalue weighted by Crippen LogP contribution is 2.28. The Labute approximate surface area is 147 Å². The molecule has 3 N–H and O–H groups in total. The molecule has 1 amide bonds. The van der Waals surface area contributed by atoms with E-state index in [9.17, 15) is 4.79 Å². The van der Waals surface area contributed by atoms with Crippen molar-refractivity contribution in [2.75, 3.05) is 5.32 Å². The SMILES string of the molecule is Cl.Cl.NC1(C(=O)Nc2cccc(Cn3cncn3)c2)CCCC1. The van der Waals surface area contributed by atoms with E-state index in [1.54, 1.807) is 11.0 Å². The third-order valence-electron chi connectivity index (χ3n) is 3.94. The van der Waals surface area contributed by atoms with Crippen molar-refractivity contribution < 1.29 is 4.79 Å². The van der Waals surface area contributed by atoms with Gasteiger partial charge in [-0.25, -0.2) is 9.67 Å². The van der Waals surface area contributed by atoms with Crippen molar-refractivity contribution in [2.45, 2.75) is 37.8 Å². The van der Waals surface area contributed by atoms with Crippen molar-refractivity contribution in [3.05, 3.63) is 42.5 Å². The van der Waals surface area contributed by atoms with Crippen molar-refractivity contribution >= 4 is 36.4 Å². The first-order valence-electron chi connectivity index (χ1n) is 7.17. The van der Waals surface area contributed by atoms with Crippen LogP contribution in [0.4, 0.5) is 5.69 Å². The Morgan fingerprint density at radius 1 is 1.30 bits per heavy atom. The maximum atomic E-state index is 12.3. The number of nitrogens with two attached hydrogens (primary N) is 1. The van der Waals surface area contributed by atoms with Gasteiger partial charge in [0.2, 0.25) is 5.91 Å². The second-order valence-electron chi connectivity index (χ2n) is 5.61. The Morgan fingerprint density at radius 3 is 2.70 bits per heavy atom. The number of nitrogens with zero attached hydrogens (tertiary/aromatic N) is 3. The molecule has 1 aromatic heterocycles. The molecule has 0 unspecified atom stereocenters. The highest BCUT2D eigenvalue weighted by Gasteiger charge is 2.36. The minimum Gasteiger partial charge on any atom is -0.324 e. The molecule has 1 aliphatic carbocycles. The number of hydrogen-bond acceptors (Lipinski definition) is 4. The van der Waals surface area contributed by atoms with Gasteiger partial charge in [-0.15, -0.1) is 24.8 Å². The maximum absolute atomic E-state index is 12.3. The molecule has 6 nitrogen and oxygen atoms in total. The van der Waals surface area contributed by atoms with E-state index in [4.69, 9.17) is 5.73 Å². The molecule has 3 rings (SSSR count). The molecule has 0 aliphatic heterocycles. The summed E-state index contributed by atoms with van der Waals surface area (Å²) in [6.45, 7) is 0.622. The van der Waals surface area contributed by atoms with Crippen LogP contribution < -0.4 is 11.1 Å². The minimum absolute atomic E-state index is 0. The van der Waals surface area contributed by atoms with Crippen LogP contribution in [0.15, 0.2) is 36.9 Å². The summed E-state index contributed by atoms with van der Waals surface area (Å²) in [5.74, 6) is -0.0853. The van der Waals surface area contributed by atoms with E-state index in [1.807, 2.05) is 24.3 Å². The summed E-state index contributed by atoms with van der Waals surface area (Å²) in [7, 11) is 0. The first kappa shape index (κ1) is 19.4. The average Bonchev–Trinajstić information content (AvgIpc) is 3.12. The Kier molecular flexibility index (Phi) is 7.00. The summed E-state index contributed by atoms with van der Waals surface area (Å²) in [5.41, 5.74) is 7.28. The van der Waals surface area contributed by atoms with Crippen molar-refractivity contribution in [1.82, 2.24) is 14.8 Å². The zero-order chi connectivity index (χ0) is 14.7. The van der Waals surface area contributed by atoms with E-state index in [-0.39, 0.29) is 30.7 Å². The minimum atomic E-state index is -0.706. The van der Waals surface area contributed by atoms with Gasteiger partial charge in [0, 0.05) is 5.69 Å². The van der Waals surface area contributed by atoms with Crippen molar-refractivity contribution in [1.29, 1.82) is 0 Å². The average molecular weight is 358 g/mol. The summed E-state index contributed by atoms with van der Waals surface area (Å²) < 4.78 is 1.74. The lowest BCUT2D eigenvalue weighted by Gasteiger charge is -2.22. The molecule has 0 atom stereocenters. The van der Waals surface area contributed by atoms with Crippen LogP contribution in [-0.4, -0.2) is 26.2 Å². The van der Waals surface area contributed by atoms with Crippen LogP contribution in [-0.2, 0) is 11.3 Å². The molecule has 0 bridgehead atoms. The number of rotatable bonds is 4. The van der Waals surface area contributed by atoms with Crippen LogP contribution >= 0.6 is 24.8 Å². The van der Waals surface area contributed by atoms with Crippen molar-refractivity contribution in [2.24, 2.45) is 5.73 Å². The number of benzene rings is 1. The van der Waals surface area contributed by atoms with Gasteiger partial charge in [-0.05, 0) is 30.5 Å². The summed E-state index contributed by atoms with van der Waals surface area (Å²) in [6.07, 6.45) is 6.74. The van der Waals surface area contributed by atoms with Gasteiger partial charge in [0.05, 0.1) is 12.1 Å². The first-order chi connectivity index (χ1) is 10.2. The predicted molar refractivity (Wildman–Crippen MR) is 94.1 cm³/mol. The largest absolute Gasteiger partial charge is 0.324 e. The van der Waals surface area contributed by atoms with Gasteiger partial charge < -0.3 is 11.1 Å². The lowest BCUT2D eigenvalue weighted by molar-refractivity contribution is -0.121. The fraction of sp³-hybridized carbons (Fsp3) is 0.400. The number of halogens is 2. The summed E-state index contributed by atoms with van der Waals surface area (Å²) >= 11 is 0. The number of carbonyl (C=O) groups is 1. The van der Waals surface area contributed by atoms with Crippen LogP contribution in [0.2, 0.25) is 0 Å². The smallest absolute Gasteiger partial charge is 0.244 e. The van der Waals surface area contributed by atoms with Gasteiger partial charge in [-0.2, -0.15) is 5.10 Å². The van der Waals surface area contributed by atoms with Crippen molar-refractivity contribution in [3.63, 3.8) is 0 Å². The molecule has 1 heterocycles. The third kappa shape index (κ3) is 4.67. The Balaban J connectivity index is 0.00000132. The quantitative estimate of drug-likeness (QED) is 0.879. The van der Waals surface area contributed by atoms with E-state index in [1.165, 1.54) is 6.33 Å².